The monoisotopic (exact) mass is 430 g/mol. The Morgan fingerprint density at radius 3 is 2.40 bits per heavy atom. The summed E-state index contributed by atoms with van der Waals surface area (Å²) in [6, 6.07) is 14.4. The molecule has 160 valence electrons. The lowest BCUT2D eigenvalue weighted by Gasteiger charge is -2.21. The summed E-state index contributed by atoms with van der Waals surface area (Å²) in [6.45, 7) is 3.96. The molecule has 2 heterocycles. The first kappa shape index (κ1) is 22.1. The summed E-state index contributed by atoms with van der Waals surface area (Å²) >= 11 is 0. The molecule has 2 aromatic rings. The number of nitro benzene ring substituents is 1. The molecule has 2 fully saturated rings. The summed E-state index contributed by atoms with van der Waals surface area (Å²) in [5, 5.41) is 18.2. The number of nitrogens with zero attached hydrogens (tertiary/aromatic N) is 2. The van der Waals surface area contributed by atoms with E-state index >= 15 is 0 Å². The van der Waals surface area contributed by atoms with Crippen LogP contribution in [-0.4, -0.2) is 41.9 Å². The molecule has 0 saturated carbocycles. The number of nitro groups is 1. The van der Waals surface area contributed by atoms with Crippen molar-refractivity contribution in [3.05, 3.63) is 69.8 Å². The number of fused-ring (bicyclic) bond motifs is 1. The Morgan fingerprint density at radius 1 is 1.10 bits per heavy atom. The minimum Gasteiger partial charge on any atom is -0.375 e. The van der Waals surface area contributed by atoms with Gasteiger partial charge in [0.1, 0.15) is 5.69 Å². The van der Waals surface area contributed by atoms with E-state index in [9.17, 15) is 14.9 Å². The van der Waals surface area contributed by atoms with Crippen LogP contribution < -0.4 is 10.6 Å². The van der Waals surface area contributed by atoms with Gasteiger partial charge in [-0.3, -0.25) is 14.9 Å². The van der Waals surface area contributed by atoms with Crippen LogP contribution in [0.4, 0.5) is 11.4 Å². The van der Waals surface area contributed by atoms with Crippen molar-refractivity contribution in [2.24, 2.45) is 11.8 Å². The quantitative estimate of drug-likeness (QED) is 0.557. The Morgan fingerprint density at radius 2 is 1.77 bits per heavy atom. The van der Waals surface area contributed by atoms with Gasteiger partial charge in [0.15, 0.2) is 0 Å². The molecule has 2 aliphatic rings. The first-order valence-corrected chi connectivity index (χ1v) is 10.2. The lowest BCUT2D eigenvalue weighted by Crippen LogP contribution is -2.32. The van der Waals surface area contributed by atoms with Gasteiger partial charge in [0.05, 0.1) is 4.92 Å². The standard InChI is InChI=1S/C22H26N4O3.ClH/c27-22(25-10-8-18-14-23-15-19(18)9-11-25)17-6-7-20(21(12-17)26(28)29)24-13-16-4-2-1-3-5-16;/h1-7,12,18-19,23-24H,8-11,13-15H2;1H/t18-,19+;. The fraction of sp³-hybridized carbons (Fsp3) is 0.409. The van der Waals surface area contributed by atoms with E-state index in [1.165, 1.54) is 6.07 Å². The Hall–Kier alpha value is -2.64. The van der Waals surface area contributed by atoms with E-state index in [2.05, 4.69) is 10.6 Å². The zero-order chi connectivity index (χ0) is 20.2. The molecule has 2 saturated heterocycles. The molecule has 0 bridgehead atoms. The number of benzene rings is 2. The number of rotatable bonds is 5. The Balaban J connectivity index is 0.00000256. The molecular weight excluding hydrogens is 404 g/mol. The van der Waals surface area contributed by atoms with Crippen molar-refractivity contribution in [3.63, 3.8) is 0 Å². The molecule has 1 amide bonds. The van der Waals surface area contributed by atoms with Gasteiger partial charge in [-0.05, 0) is 55.5 Å². The van der Waals surface area contributed by atoms with Gasteiger partial charge >= 0.3 is 0 Å². The van der Waals surface area contributed by atoms with Crippen molar-refractivity contribution in [3.8, 4) is 0 Å². The Kier molecular flexibility index (Phi) is 7.29. The maximum absolute atomic E-state index is 13.0. The molecule has 0 radical (unpaired) electrons. The minimum absolute atomic E-state index is 0. The largest absolute Gasteiger partial charge is 0.375 e. The summed E-state index contributed by atoms with van der Waals surface area (Å²) in [5.41, 5.74) is 1.77. The third-order valence-corrected chi connectivity index (χ3v) is 6.07. The summed E-state index contributed by atoms with van der Waals surface area (Å²) < 4.78 is 0. The number of hydrogen-bond acceptors (Lipinski definition) is 5. The third-order valence-electron chi connectivity index (χ3n) is 6.07. The number of carbonyl (C=O) groups is 1. The number of anilines is 1. The molecule has 8 heteroatoms. The minimum atomic E-state index is -0.428. The normalized spacial score (nSPS) is 20.6. The number of likely N-dealkylation sites (tertiary alicyclic amines) is 1. The maximum atomic E-state index is 13.0. The van der Waals surface area contributed by atoms with Crippen LogP contribution in [0.25, 0.3) is 0 Å². The average molecular weight is 431 g/mol. The smallest absolute Gasteiger partial charge is 0.293 e. The van der Waals surface area contributed by atoms with Crippen molar-refractivity contribution in [1.82, 2.24) is 10.2 Å². The van der Waals surface area contributed by atoms with E-state index in [1.54, 1.807) is 12.1 Å². The predicted octanol–water partition coefficient (Wildman–Crippen LogP) is 3.70. The number of halogens is 1. The van der Waals surface area contributed by atoms with Crippen LogP contribution in [0.5, 0.6) is 0 Å². The summed E-state index contributed by atoms with van der Waals surface area (Å²) in [6.07, 6.45) is 1.98. The van der Waals surface area contributed by atoms with E-state index < -0.39 is 4.92 Å². The maximum Gasteiger partial charge on any atom is 0.293 e. The molecule has 4 rings (SSSR count). The summed E-state index contributed by atoms with van der Waals surface area (Å²) in [7, 11) is 0. The fourth-order valence-corrected chi connectivity index (χ4v) is 4.36. The second-order valence-corrected chi connectivity index (χ2v) is 7.88. The zero-order valence-corrected chi connectivity index (χ0v) is 17.6. The molecule has 2 aliphatic heterocycles. The number of carbonyl (C=O) groups excluding carboxylic acids is 1. The van der Waals surface area contributed by atoms with Gasteiger partial charge in [0.2, 0.25) is 0 Å². The highest BCUT2D eigenvalue weighted by Gasteiger charge is 2.32. The highest BCUT2D eigenvalue weighted by molar-refractivity contribution is 5.95. The van der Waals surface area contributed by atoms with Gasteiger partial charge in [0.25, 0.3) is 11.6 Å². The zero-order valence-electron chi connectivity index (χ0n) is 16.8. The predicted molar refractivity (Wildman–Crippen MR) is 119 cm³/mol. The SMILES string of the molecule is Cl.O=C(c1ccc(NCc2ccccc2)c([N+](=O)[O-])c1)N1CC[C@@H]2CNC[C@@H]2CC1. The van der Waals surface area contributed by atoms with Crippen molar-refractivity contribution < 1.29 is 9.72 Å². The van der Waals surface area contributed by atoms with Crippen molar-refractivity contribution >= 4 is 29.7 Å². The van der Waals surface area contributed by atoms with Crippen molar-refractivity contribution in [2.45, 2.75) is 19.4 Å². The van der Waals surface area contributed by atoms with Gasteiger partial charge in [-0.15, -0.1) is 12.4 Å². The molecule has 2 atom stereocenters. The molecule has 7 nitrogen and oxygen atoms in total. The van der Waals surface area contributed by atoms with Crippen LogP contribution in [0.1, 0.15) is 28.8 Å². The average Bonchev–Trinajstić information content (AvgIpc) is 3.10. The molecule has 0 spiro atoms. The molecule has 30 heavy (non-hydrogen) atoms. The Labute approximate surface area is 182 Å². The third kappa shape index (κ3) is 4.91. The summed E-state index contributed by atoms with van der Waals surface area (Å²) in [4.78, 5) is 26.0. The van der Waals surface area contributed by atoms with Crippen LogP contribution in [0.2, 0.25) is 0 Å². The van der Waals surface area contributed by atoms with E-state index in [0.717, 1.165) is 31.5 Å². The molecule has 2 aromatic carbocycles. The van der Waals surface area contributed by atoms with Crippen LogP contribution in [-0.2, 0) is 6.54 Å². The van der Waals surface area contributed by atoms with Gasteiger partial charge < -0.3 is 15.5 Å². The number of amides is 1. The van der Waals surface area contributed by atoms with Crippen LogP contribution >= 0.6 is 12.4 Å². The van der Waals surface area contributed by atoms with E-state index in [0.29, 0.717) is 42.7 Å². The second-order valence-electron chi connectivity index (χ2n) is 7.88. The summed E-state index contributed by atoms with van der Waals surface area (Å²) in [5.74, 6) is 1.15. The van der Waals surface area contributed by atoms with Crippen LogP contribution in [0.3, 0.4) is 0 Å². The highest BCUT2D eigenvalue weighted by atomic mass is 35.5. The number of nitrogens with one attached hydrogen (secondary N) is 2. The molecule has 0 unspecified atom stereocenters. The van der Waals surface area contributed by atoms with Crippen LogP contribution in [0.15, 0.2) is 48.5 Å². The van der Waals surface area contributed by atoms with Gasteiger partial charge in [-0.2, -0.15) is 0 Å². The van der Waals surface area contributed by atoms with Gasteiger partial charge in [-0.1, -0.05) is 30.3 Å². The molecule has 0 aliphatic carbocycles. The lowest BCUT2D eigenvalue weighted by molar-refractivity contribution is -0.384. The first-order chi connectivity index (χ1) is 14.1. The molecule has 0 aromatic heterocycles. The second kappa shape index (κ2) is 9.91. The van der Waals surface area contributed by atoms with Crippen molar-refractivity contribution in [1.29, 1.82) is 0 Å². The van der Waals surface area contributed by atoms with E-state index in [4.69, 9.17) is 0 Å². The highest BCUT2D eigenvalue weighted by Crippen LogP contribution is 2.30. The Bertz CT molecular complexity index is 879. The molecular formula is C22H27ClN4O3. The topological polar surface area (TPSA) is 87.5 Å². The van der Waals surface area contributed by atoms with E-state index in [1.807, 2.05) is 35.2 Å². The lowest BCUT2D eigenvalue weighted by atomic mass is 9.92. The fourth-order valence-electron chi connectivity index (χ4n) is 4.36. The van der Waals surface area contributed by atoms with Crippen molar-refractivity contribution in [2.75, 3.05) is 31.5 Å². The molecule has 2 N–H and O–H groups in total. The number of hydrogen-bond donors (Lipinski definition) is 2. The van der Waals surface area contributed by atoms with Gasteiger partial charge in [0, 0.05) is 31.3 Å². The van der Waals surface area contributed by atoms with Gasteiger partial charge in [-0.25, -0.2) is 0 Å². The van der Waals surface area contributed by atoms with E-state index in [-0.39, 0.29) is 24.0 Å². The van der Waals surface area contributed by atoms with Crippen LogP contribution in [0, 0.1) is 22.0 Å². The first-order valence-electron chi connectivity index (χ1n) is 10.2.